The zero-order valence-electron chi connectivity index (χ0n) is 19.5. The number of ether oxygens (including phenoxy) is 1. The number of nitrogens with zero attached hydrogens (tertiary/aromatic N) is 4. The van der Waals surface area contributed by atoms with E-state index >= 15 is 0 Å². The zero-order valence-corrected chi connectivity index (χ0v) is 20.4. The molecule has 1 fully saturated rings. The molecule has 1 aliphatic heterocycles. The highest BCUT2D eigenvalue weighted by Gasteiger charge is 2.24. The lowest BCUT2D eigenvalue weighted by Crippen LogP contribution is -2.38. The summed E-state index contributed by atoms with van der Waals surface area (Å²) >= 11 is 1.76. The van der Waals surface area contributed by atoms with Crippen molar-refractivity contribution in [3.63, 3.8) is 0 Å². The Morgan fingerprint density at radius 2 is 1.97 bits per heavy atom. The van der Waals surface area contributed by atoms with Gasteiger partial charge in [-0.2, -0.15) is 4.52 Å². The molecule has 1 amide bonds. The molecule has 34 heavy (non-hydrogen) atoms. The van der Waals surface area contributed by atoms with Crippen LogP contribution >= 0.6 is 11.8 Å². The van der Waals surface area contributed by atoms with Crippen LogP contribution in [0.25, 0.3) is 27.9 Å². The van der Waals surface area contributed by atoms with Crippen LogP contribution in [0.1, 0.15) is 33.1 Å². The van der Waals surface area contributed by atoms with Gasteiger partial charge >= 0.3 is 0 Å². The molecule has 8 nitrogen and oxygen atoms in total. The smallest absolute Gasteiger partial charge is 0.242 e. The average Bonchev–Trinajstić information content (AvgIpc) is 3.19. The third kappa shape index (κ3) is 4.40. The highest BCUT2D eigenvalue weighted by atomic mass is 32.2. The molecule has 1 saturated heterocycles. The molecule has 0 saturated carbocycles. The fourth-order valence-electron chi connectivity index (χ4n) is 4.14. The van der Waals surface area contributed by atoms with E-state index in [1.54, 1.807) is 23.4 Å². The van der Waals surface area contributed by atoms with E-state index in [1.165, 1.54) is 0 Å². The van der Waals surface area contributed by atoms with Crippen molar-refractivity contribution in [3.8, 4) is 17.1 Å². The predicted molar refractivity (Wildman–Crippen MR) is 136 cm³/mol. The summed E-state index contributed by atoms with van der Waals surface area (Å²) in [6.45, 7) is 5.03. The maximum absolute atomic E-state index is 12.7. The Balaban J connectivity index is 1.68. The minimum Gasteiger partial charge on any atom is -0.497 e. The Hall–Kier alpha value is -3.33. The monoisotopic (exact) mass is 476 g/mol. The summed E-state index contributed by atoms with van der Waals surface area (Å²) in [4.78, 5) is 23.6. The van der Waals surface area contributed by atoms with Crippen LogP contribution in [0.15, 0.2) is 47.4 Å². The van der Waals surface area contributed by atoms with E-state index in [-0.39, 0.29) is 11.9 Å². The van der Waals surface area contributed by atoms with Gasteiger partial charge in [-0.1, -0.05) is 19.9 Å². The van der Waals surface area contributed by atoms with E-state index in [0.717, 1.165) is 46.4 Å². The topological polar surface area (TPSA) is 93.4 Å². The first-order valence-electron chi connectivity index (χ1n) is 11.6. The molecule has 0 aliphatic carbocycles. The molecule has 4 aromatic rings. The molecule has 2 aromatic carbocycles. The summed E-state index contributed by atoms with van der Waals surface area (Å²) in [5.41, 5.74) is 2.45. The summed E-state index contributed by atoms with van der Waals surface area (Å²) in [6.07, 6.45) is 2.69. The van der Waals surface area contributed by atoms with Crippen LogP contribution in [0.3, 0.4) is 0 Å². The van der Waals surface area contributed by atoms with Crippen molar-refractivity contribution in [1.82, 2.24) is 24.9 Å². The zero-order chi connectivity index (χ0) is 23.7. The van der Waals surface area contributed by atoms with E-state index in [1.807, 2.05) is 36.4 Å². The number of rotatable bonds is 6. The van der Waals surface area contributed by atoms with E-state index in [4.69, 9.17) is 19.8 Å². The molecule has 0 spiro atoms. The van der Waals surface area contributed by atoms with E-state index in [2.05, 4.69) is 30.5 Å². The number of aromatic nitrogens is 4. The number of benzene rings is 2. The number of para-hydroxylation sites is 1. The molecule has 9 heteroatoms. The van der Waals surface area contributed by atoms with Gasteiger partial charge in [-0.15, -0.1) is 16.9 Å². The number of carbonyl (C=O) groups excluding carboxylic acids is 1. The van der Waals surface area contributed by atoms with Crippen LogP contribution in [0.2, 0.25) is 0 Å². The van der Waals surface area contributed by atoms with Crippen molar-refractivity contribution in [2.45, 2.75) is 49.3 Å². The number of hydrogen-bond donors (Lipinski definition) is 2. The molecule has 2 aromatic heterocycles. The minimum atomic E-state index is -0.366. The Morgan fingerprint density at radius 3 is 2.74 bits per heavy atom. The van der Waals surface area contributed by atoms with Crippen molar-refractivity contribution in [3.05, 3.63) is 42.5 Å². The molecule has 5 rings (SSSR count). The lowest BCUT2D eigenvalue weighted by molar-refractivity contribution is -0.121. The maximum atomic E-state index is 12.7. The predicted octanol–water partition coefficient (Wildman–Crippen LogP) is 4.53. The summed E-state index contributed by atoms with van der Waals surface area (Å²) in [7, 11) is 1.64. The van der Waals surface area contributed by atoms with Gasteiger partial charge in [0.1, 0.15) is 11.8 Å². The Bertz CT molecular complexity index is 1330. The van der Waals surface area contributed by atoms with Crippen molar-refractivity contribution in [2.24, 2.45) is 0 Å². The maximum Gasteiger partial charge on any atom is 0.242 e. The van der Waals surface area contributed by atoms with Crippen molar-refractivity contribution in [2.75, 3.05) is 19.0 Å². The van der Waals surface area contributed by atoms with E-state index in [9.17, 15) is 4.79 Å². The van der Waals surface area contributed by atoms with Crippen molar-refractivity contribution < 1.29 is 9.53 Å². The highest BCUT2D eigenvalue weighted by Crippen LogP contribution is 2.33. The summed E-state index contributed by atoms with van der Waals surface area (Å²) < 4.78 is 7.01. The molecule has 1 aliphatic rings. The number of methoxy groups -OCH3 is 1. The summed E-state index contributed by atoms with van der Waals surface area (Å²) in [5, 5.41) is 12.5. The van der Waals surface area contributed by atoms with E-state index < -0.39 is 0 Å². The standard InChI is InChI=1S/C25H28N6O2S/c1-15(2)34-20-9-6-7-18-21(20)28-25(27-19-8-4-5-14-26-24(19)32)31-23(18)29-22(30-31)16-10-12-17(33-3)13-11-16/h6-7,9-13,15,19H,4-5,8,14H2,1-3H3,(H,26,32)(H,27,28)/t19-/m1/s1. The van der Waals surface area contributed by atoms with Crippen molar-refractivity contribution >= 4 is 40.2 Å². The molecule has 0 unspecified atom stereocenters. The van der Waals surface area contributed by atoms with Gasteiger partial charge in [-0.3, -0.25) is 4.79 Å². The van der Waals surface area contributed by atoms with Crippen LogP contribution in [0, 0.1) is 0 Å². The van der Waals surface area contributed by atoms with Crippen LogP contribution in [-0.2, 0) is 4.79 Å². The van der Waals surface area contributed by atoms with Crippen LogP contribution in [-0.4, -0.2) is 50.4 Å². The van der Waals surface area contributed by atoms with E-state index in [0.29, 0.717) is 29.2 Å². The molecular formula is C25H28N6O2S. The number of nitrogens with one attached hydrogen (secondary N) is 2. The lowest BCUT2D eigenvalue weighted by Gasteiger charge is -2.17. The van der Waals surface area contributed by atoms with Gasteiger partial charge in [0.05, 0.1) is 12.6 Å². The molecular weight excluding hydrogens is 448 g/mol. The first kappa shape index (κ1) is 22.5. The minimum absolute atomic E-state index is 0.00659. The van der Waals surface area contributed by atoms with Crippen LogP contribution in [0.5, 0.6) is 5.75 Å². The summed E-state index contributed by atoms with van der Waals surface area (Å²) in [5.74, 6) is 1.88. The quantitative estimate of drug-likeness (QED) is 0.395. The largest absolute Gasteiger partial charge is 0.497 e. The number of carbonyl (C=O) groups is 1. The third-order valence-corrected chi connectivity index (χ3v) is 6.87. The first-order valence-corrected chi connectivity index (χ1v) is 12.5. The third-order valence-electron chi connectivity index (χ3n) is 5.81. The Labute approximate surface area is 202 Å². The SMILES string of the molecule is COc1ccc(-c2nc3c4cccc(SC(C)C)c4nc(N[C@@H]4CCCCNC4=O)n3n2)cc1. The van der Waals surface area contributed by atoms with Crippen LogP contribution < -0.4 is 15.4 Å². The second-order valence-corrected chi connectivity index (χ2v) is 10.3. The van der Waals surface area contributed by atoms with Gasteiger partial charge in [0.15, 0.2) is 11.5 Å². The summed E-state index contributed by atoms with van der Waals surface area (Å²) in [6, 6.07) is 13.4. The first-order chi connectivity index (χ1) is 16.5. The van der Waals surface area contributed by atoms with Gasteiger partial charge in [-0.05, 0) is 55.7 Å². The van der Waals surface area contributed by atoms with Crippen molar-refractivity contribution in [1.29, 1.82) is 0 Å². The Kier molecular flexibility index (Phi) is 6.28. The second-order valence-electron chi connectivity index (χ2n) is 8.64. The number of hydrogen-bond acceptors (Lipinski definition) is 7. The molecule has 0 bridgehead atoms. The fourth-order valence-corrected chi connectivity index (χ4v) is 5.08. The highest BCUT2D eigenvalue weighted by molar-refractivity contribution is 8.00. The number of thioether (sulfide) groups is 1. The normalized spacial score (nSPS) is 16.6. The number of fused-ring (bicyclic) bond motifs is 3. The van der Waals surface area contributed by atoms with Gasteiger partial charge < -0.3 is 15.4 Å². The number of anilines is 1. The fraction of sp³-hybridized carbons (Fsp3) is 0.360. The van der Waals surface area contributed by atoms with Gasteiger partial charge in [0.25, 0.3) is 0 Å². The second kappa shape index (κ2) is 9.50. The lowest BCUT2D eigenvalue weighted by atomic mass is 10.1. The Morgan fingerprint density at radius 1 is 1.15 bits per heavy atom. The van der Waals surface area contributed by atoms with Crippen LogP contribution in [0.4, 0.5) is 5.95 Å². The molecule has 2 N–H and O–H groups in total. The molecule has 1 atom stereocenters. The number of amides is 1. The van der Waals surface area contributed by atoms with Gasteiger partial charge in [-0.25, -0.2) is 9.97 Å². The molecule has 176 valence electrons. The average molecular weight is 477 g/mol. The molecule has 3 heterocycles. The van der Waals surface area contributed by atoms with Gasteiger partial charge in [0, 0.05) is 27.6 Å². The molecule has 0 radical (unpaired) electrons. The van der Waals surface area contributed by atoms with Gasteiger partial charge in [0.2, 0.25) is 11.9 Å².